The van der Waals surface area contributed by atoms with E-state index in [0.29, 0.717) is 6.04 Å². The zero-order chi connectivity index (χ0) is 20.2. The Hall–Kier alpha value is -1.69. The molecule has 2 aromatic carbocycles. The molecule has 0 unspecified atom stereocenters. The van der Waals surface area contributed by atoms with Crippen molar-refractivity contribution in [2.75, 3.05) is 13.7 Å². The van der Waals surface area contributed by atoms with Crippen molar-refractivity contribution in [3.63, 3.8) is 0 Å². The third-order valence-electron chi connectivity index (χ3n) is 4.10. The molecule has 148 valence electrons. The van der Waals surface area contributed by atoms with Crippen LogP contribution in [0, 0.1) is 0 Å². The van der Waals surface area contributed by atoms with Gasteiger partial charge >= 0.3 is 0 Å². The minimum atomic E-state index is 0.384. The van der Waals surface area contributed by atoms with Gasteiger partial charge in [0.2, 0.25) is 0 Å². The van der Waals surface area contributed by atoms with Crippen LogP contribution in [0.3, 0.4) is 0 Å². The molecule has 5 heteroatoms. The molecule has 0 aliphatic carbocycles. The molecule has 3 aromatic rings. The fraction of sp³-hybridized carbons (Fsp3) is 0.409. The molecule has 0 radical (unpaired) electrons. The van der Waals surface area contributed by atoms with Crippen LogP contribution in [0.5, 0.6) is 0 Å². The van der Waals surface area contributed by atoms with Crippen LogP contribution < -0.4 is 5.32 Å². The summed E-state index contributed by atoms with van der Waals surface area (Å²) in [5, 5.41) is 13.0. The Bertz CT molecular complexity index is 795. The third-order valence-corrected chi connectivity index (χ3v) is 4.59. The van der Waals surface area contributed by atoms with Gasteiger partial charge < -0.3 is 15.4 Å². The van der Waals surface area contributed by atoms with Gasteiger partial charge in [0.1, 0.15) is 5.82 Å². The molecule has 0 bridgehead atoms. The highest BCUT2D eigenvalue weighted by molar-refractivity contribution is 9.10. The monoisotopic (exact) mass is 433 g/mol. The van der Waals surface area contributed by atoms with Crippen molar-refractivity contribution in [2.24, 2.45) is 0 Å². The van der Waals surface area contributed by atoms with E-state index in [1.165, 1.54) is 29.2 Å². The number of halogens is 1. The van der Waals surface area contributed by atoms with Crippen LogP contribution in [0.4, 0.5) is 0 Å². The molecule has 3 N–H and O–H groups in total. The Morgan fingerprint density at radius 3 is 2.33 bits per heavy atom. The van der Waals surface area contributed by atoms with Gasteiger partial charge in [-0.15, -0.1) is 0 Å². The van der Waals surface area contributed by atoms with Gasteiger partial charge in [0.25, 0.3) is 0 Å². The van der Waals surface area contributed by atoms with E-state index in [2.05, 4.69) is 67.6 Å². The summed E-state index contributed by atoms with van der Waals surface area (Å²) in [5.74, 6) is 1.05. The van der Waals surface area contributed by atoms with Gasteiger partial charge in [-0.2, -0.15) is 0 Å². The number of aromatic amines is 1. The van der Waals surface area contributed by atoms with Crippen molar-refractivity contribution in [1.82, 2.24) is 15.3 Å². The van der Waals surface area contributed by atoms with Crippen LogP contribution in [0.25, 0.3) is 22.0 Å². The molecule has 2 heterocycles. The highest BCUT2D eigenvalue weighted by atomic mass is 79.9. The van der Waals surface area contributed by atoms with Crippen molar-refractivity contribution in [1.29, 1.82) is 0 Å². The summed E-state index contributed by atoms with van der Waals surface area (Å²) in [6, 6.07) is 13.3. The fourth-order valence-electron chi connectivity index (χ4n) is 2.96. The summed E-state index contributed by atoms with van der Waals surface area (Å²) < 4.78 is 1.11. The molecule has 0 saturated carbocycles. The molecule has 1 aromatic heterocycles. The number of aliphatic hydroxyl groups is 1. The van der Waals surface area contributed by atoms with E-state index in [4.69, 9.17) is 5.11 Å². The van der Waals surface area contributed by atoms with Crippen molar-refractivity contribution in [3.05, 3.63) is 52.9 Å². The van der Waals surface area contributed by atoms with Gasteiger partial charge in [-0.1, -0.05) is 61.8 Å². The van der Waals surface area contributed by atoms with Gasteiger partial charge in [0, 0.05) is 17.1 Å². The molecular formula is C22H32BrN3O. The quantitative estimate of drug-likeness (QED) is 0.458. The molecule has 1 atom stereocenters. The number of hydrogen-bond donors (Lipinski definition) is 3. The Morgan fingerprint density at radius 1 is 1.00 bits per heavy atom. The number of aromatic nitrogens is 2. The van der Waals surface area contributed by atoms with E-state index in [1.54, 1.807) is 0 Å². The normalized spacial score (nSPS) is 15.0. The molecule has 1 fully saturated rings. The third kappa shape index (κ3) is 6.16. The molecular weight excluding hydrogens is 402 g/mol. The average molecular weight is 434 g/mol. The highest BCUT2D eigenvalue weighted by Crippen LogP contribution is 2.27. The topological polar surface area (TPSA) is 60.9 Å². The van der Waals surface area contributed by atoms with Crippen LogP contribution in [0.1, 0.15) is 52.4 Å². The first-order valence-electron chi connectivity index (χ1n) is 9.72. The number of hydrogen-bond acceptors (Lipinski definition) is 3. The molecule has 1 aliphatic rings. The summed E-state index contributed by atoms with van der Waals surface area (Å²) >= 11 is 3.51. The lowest BCUT2D eigenvalue weighted by Gasteiger charge is -2.06. The second-order valence-electron chi connectivity index (χ2n) is 5.54. The molecule has 0 spiro atoms. The standard InChI is InChI=1S/C17H16BrN3.2C2H6.CH4O/c18-14-6-5-11-8-13(4-3-12(11)9-14)16-10-20-17(21-16)15-2-1-7-19-15;3*1-2/h3-6,8-10,15,19H,1-2,7H2,(H,20,21);2*1-2H3;2H,1H3/t15-;;;/m0.../s1. The molecule has 27 heavy (non-hydrogen) atoms. The first-order chi connectivity index (χ1) is 13.3. The van der Waals surface area contributed by atoms with Crippen LogP contribution >= 0.6 is 15.9 Å². The zero-order valence-electron chi connectivity index (χ0n) is 17.0. The summed E-state index contributed by atoms with van der Waals surface area (Å²) in [4.78, 5) is 8.01. The van der Waals surface area contributed by atoms with Gasteiger partial charge in [-0.3, -0.25) is 0 Å². The highest BCUT2D eigenvalue weighted by Gasteiger charge is 2.19. The Kier molecular flexibility index (Phi) is 10.9. The van der Waals surface area contributed by atoms with Crippen LogP contribution in [0.2, 0.25) is 0 Å². The summed E-state index contributed by atoms with van der Waals surface area (Å²) in [7, 11) is 1.00. The maximum atomic E-state index is 7.00. The number of benzene rings is 2. The van der Waals surface area contributed by atoms with Crippen molar-refractivity contribution < 1.29 is 5.11 Å². The minimum Gasteiger partial charge on any atom is -0.400 e. The number of imidazole rings is 1. The molecule has 1 aliphatic heterocycles. The predicted octanol–water partition coefficient (Wildman–Crippen LogP) is 6.08. The van der Waals surface area contributed by atoms with Crippen molar-refractivity contribution in [3.8, 4) is 11.3 Å². The van der Waals surface area contributed by atoms with E-state index in [1.807, 2.05) is 33.9 Å². The lowest BCUT2D eigenvalue weighted by Crippen LogP contribution is -2.14. The smallest absolute Gasteiger partial charge is 0.123 e. The number of H-pyrrole nitrogens is 1. The number of nitrogens with one attached hydrogen (secondary N) is 2. The lowest BCUT2D eigenvalue weighted by atomic mass is 10.1. The van der Waals surface area contributed by atoms with E-state index >= 15 is 0 Å². The maximum absolute atomic E-state index is 7.00. The van der Waals surface area contributed by atoms with E-state index in [0.717, 1.165) is 29.6 Å². The van der Waals surface area contributed by atoms with Gasteiger partial charge in [-0.05, 0) is 48.4 Å². The maximum Gasteiger partial charge on any atom is 0.123 e. The Labute approximate surface area is 171 Å². The van der Waals surface area contributed by atoms with Gasteiger partial charge in [0.15, 0.2) is 0 Å². The SMILES string of the molecule is Brc1ccc2cc(-c3cnc([C@@H]4CCCN4)[nH]3)ccc2c1.CC.CC.CO. The summed E-state index contributed by atoms with van der Waals surface area (Å²) in [6.07, 6.45) is 4.33. The largest absolute Gasteiger partial charge is 0.400 e. The molecule has 0 amide bonds. The van der Waals surface area contributed by atoms with Crippen LogP contribution in [-0.4, -0.2) is 28.7 Å². The van der Waals surface area contributed by atoms with Crippen molar-refractivity contribution >= 4 is 26.7 Å². The number of rotatable bonds is 2. The van der Waals surface area contributed by atoms with E-state index in [-0.39, 0.29) is 0 Å². The molecule has 1 saturated heterocycles. The number of aliphatic hydroxyl groups excluding tert-OH is 1. The first-order valence-corrected chi connectivity index (χ1v) is 10.5. The lowest BCUT2D eigenvalue weighted by molar-refractivity contribution is 0.399. The fourth-order valence-corrected chi connectivity index (χ4v) is 3.34. The van der Waals surface area contributed by atoms with E-state index in [9.17, 15) is 0 Å². The number of fused-ring (bicyclic) bond motifs is 1. The summed E-state index contributed by atoms with van der Waals surface area (Å²) in [6.45, 7) is 9.09. The molecule has 4 rings (SSSR count). The number of nitrogens with zero attached hydrogens (tertiary/aromatic N) is 1. The van der Waals surface area contributed by atoms with Crippen LogP contribution in [-0.2, 0) is 0 Å². The molecule has 4 nitrogen and oxygen atoms in total. The zero-order valence-corrected chi connectivity index (χ0v) is 18.6. The predicted molar refractivity (Wildman–Crippen MR) is 120 cm³/mol. The van der Waals surface area contributed by atoms with Gasteiger partial charge in [0.05, 0.1) is 17.9 Å². The Balaban J connectivity index is 0.000000556. The minimum absolute atomic E-state index is 0.384. The Morgan fingerprint density at radius 2 is 1.67 bits per heavy atom. The van der Waals surface area contributed by atoms with Gasteiger partial charge in [-0.25, -0.2) is 4.98 Å². The second kappa shape index (κ2) is 12.7. The van der Waals surface area contributed by atoms with Crippen LogP contribution in [0.15, 0.2) is 47.1 Å². The average Bonchev–Trinajstić information content (AvgIpc) is 3.44. The second-order valence-corrected chi connectivity index (χ2v) is 6.45. The summed E-state index contributed by atoms with van der Waals surface area (Å²) in [5.41, 5.74) is 2.27. The first kappa shape index (κ1) is 23.3. The van der Waals surface area contributed by atoms with Crippen molar-refractivity contribution in [2.45, 2.75) is 46.6 Å². The van der Waals surface area contributed by atoms with E-state index < -0.39 is 0 Å².